The first-order valence-corrected chi connectivity index (χ1v) is 6.28. The van der Waals surface area contributed by atoms with E-state index in [4.69, 9.17) is 0 Å². The van der Waals surface area contributed by atoms with Gasteiger partial charge in [0.1, 0.15) is 0 Å². The molecule has 0 fully saturated rings. The standard InChI is InChI=1S/C12H25N3/c1-4-15(5-2)10-11(3)14-12-8-6-7-9-13-12/h11H,4-10H2,1-3H3,(H,13,14). The van der Waals surface area contributed by atoms with Gasteiger partial charge < -0.3 is 10.2 Å². The van der Waals surface area contributed by atoms with Crippen LogP contribution in [-0.2, 0) is 0 Å². The van der Waals surface area contributed by atoms with Crippen LogP contribution in [0.1, 0.15) is 40.0 Å². The smallest absolute Gasteiger partial charge is 0.0965 e. The predicted molar refractivity (Wildman–Crippen MR) is 66.5 cm³/mol. The molecule has 1 rings (SSSR count). The minimum atomic E-state index is 0.516. The maximum atomic E-state index is 4.52. The number of likely N-dealkylation sites (N-methyl/N-ethyl adjacent to an activating group) is 1. The Morgan fingerprint density at radius 1 is 1.33 bits per heavy atom. The van der Waals surface area contributed by atoms with Crippen LogP contribution < -0.4 is 5.32 Å². The second-order valence-corrected chi connectivity index (χ2v) is 4.32. The number of hydrogen-bond donors (Lipinski definition) is 1. The molecule has 0 spiro atoms. The van der Waals surface area contributed by atoms with E-state index in [0.29, 0.717) is 6.04 Å². The van der Waals surface area contributed by atoms with Crippen LogP contribution in [0.15, 0.2) is 4.99 Å². The molecule has 1 heterocycles. The van der Waals surface area contributed by atoms with Crippen molar-refractivity contribution in [3.8, 4) is 0 Å². The van der Waals surface area contributed by atoms with Crippen molar-refractivity contribution in [2.24, 2.45) is 4.99 Å². The van der Waals surface area contributed by atoms with Crippen LogP contribution in [0, 0.1) is 0 Å². The number of aliphatic imine (C=N–C) groups is 1. The first kappa shape index (κ1) is 12.5. The van der Waals surface area contributed by atoms with Gasteiger partial charge in [-0.05, 0) is 32.9 Å². The monoisotopic (exact) mass is 211 g/mol. The van der Waals surface area contributed by atoms with E-state index >= 15 is 0 Å². The van der Waals surface area contributed by atoms with E-state index in [1.165, 1.54) is 18.7 Å². The molecule has 0 saturated heterocycles. The summed E-state index contributed by atoms with van der Waals surface area (Å²) in [6.45, 7) is 11.1. The summed E-state index contributed by atoms with van der Waals surface area (Å²) in [4.78, 5) is 6.96. The molecule has 0 aromatic heterocycles. The van der Waals surface area contributed by atoms with Crippen LogP contribution in [-0.4, -0.2) is 43.0 Å². The topological polar surface area (TPSA) is 27.6 Å². The molecule has 0 aromatic rings. The summed E-state index contributed by atoms with van der Waals surface area (Å²) in [6, 6.07) is 0.516. The Hall–Kier alpha value is -0.570. The van der Waals surface area contributed by atoms with E-state index in [-0.39, 0.29) is 0 Å². The Morgan fingerprint density at radius 3 is 2.60 bits per heavy atom. The highest BCUT2D eigenvalue weighted by Crippen LogP contribution is 2.04. The lowest BCUT2D eigenvalue weighted by molar-refractivity contribution is 0.281. The van der Waals surface area contributed by atoms with E-state index in [2.05, 4.69) is 36.0 Å². The van der Waals surface area contributed by atoms with Gasteiger partial charge in [0.15, 0.2) is 0 Å². The van der Waals surface area contributed by atoms with Crippen molar-refractivity contribution in [2.75, 3.05) is 26.2 Å². The molecule has 0 saturated carbocycles. The van der Waals surface area contributed by atoms with E-state index < -0.39 is 0 Å². The van der Waals surface area contributed by atoms with Crippen molar-refractivity contribution in [1.82, 2.24) is 10.2 Å². The number of nitrogens with one attached hydrogen (secondary N) is 1. The summed E-state index contributed by atoms with van der Waals surface area (Å²) in [5.74, 6) is 1.22. The summed E-state index contributed by atoms with van der Waals surface area (Å²) in [5, 5.41) is 3.53. The Bertz CT molecular complexity index is 197. The van der Waals surface area contributed by atoms with Gasteiger partial charge in [-0.3, -0.25) is 4.99 Å². The van der Waals surface area contributed by atoms with Crippen molar-refractivity contribution < 1.29 is 0 Å². The maximum Gasteiger partial charge on any atom is 0.0965 e. The number of rotatable bonds is 5. The van der Waals surface area contributed by atoms with Gasteiger partial charge in [-0.15, -0.1) is 0 Å². The highest BCUT2D eigenvalue weighted by atomic mass is 15.1. The molecule has 1 aliphatic rings. The fourth-order valence-electron chi connectivity index (χ4n) is 2.01. The predicted octanol–water partition coefficient (Wildman–Crippen LogP) is 1.89. The number of amidine groups is 1. The van der Waals surface area contributed by atoms with Crippen LogP contribution in [0.5, 0.6) is 0 Å². The van der Waals surface area contributed by atoms with Gasteiger partial charge in [-0.2, -0.15) is 0 Å². The highest BCUT2D eigenvalue weighted by molar-refractivity contribution is 5.82. The van der Waals surface area contributed by atoms with Crippen molar-refractivity contribution in [3.05, 3.63) is 0 Å². The zero-order valence-corrected chi connectivity index (χ0v) is 10.4. The molecule has 3 heteroatoms. The second kappa shape index (κ2) is 6.83. The third kappa shape index (κ3) is 4.65. The van der Waals surface area contributed by atoms with Crippen LogP contribution in [0.3, 0.4) is 0 Å². The molecule has 0 aromatic carbocycles. The summed E-state index contributed by atoms with van der Waals surface area (Å²) < 4.78 is 0. The highest BCUT2D eigenvalue weighted by Gasteiger charge is 2.10. The van der Waals surface area contributed by atoms with Crippen molar-refractivity contribution >= 4 is 5.84 Å². The van der Waals surface area contributed by atoms with Crippen molar-refractivity contribution in [1.29, 1.82) is 0 Å². The molecular formula is C12H25N3. The molecule has 15 heavy (non-hydrogen) atoms. The summed E-state index contributed by atoms with van der Waals surface area (Å²) in [6.07, 6.45) is 3.70. The molecule has 1 atom stereocenters. The zero-order valence-electron chi connectivity index (χ0n) is 10.4. The fraction of sp³-hybridized carbons (Fsp3) is 0.917. The van der Waals surface area contributed by atoms with E-state index in [9.17, 15) is 0 Å². The molecule has 88 valence electrons. The molecule has 0 radical (unpaired) electrons. The Labute approximate surface area is 94.0 Å². The average molecular weight is 211 g/mol. The SMILES string of the molecule is CCN(CC)CC(C)NC1=NCCCC1. The van der Waals surface area contributed by atoms with Gasteiger partial charge >= 0.3 is 0 Å². The molecule has 1 unspecified atom stereocenters. The normalized spacial score (nSPS) is 18.8. The van der Waals surface area contributed by atoms with Crippen molar-refractivity contribution in [3.63, 3.8) is 0 Å². The molecule has 0 bridgehead atoms. The largest absolute Gasteiger partial charge is 0.370 e. The molecule has 1 N–H and O–H groups in total. The summed E-state index contributed by atoms with van der Waals surface area (Å²) >= 11 is 0. The molecular weight excluding hydrogens is 186 g/mol. The lowest BCUT2D eigenvalue weighted by atomic mass is 10.1. The van der Waals surface area contributed by atoms with Gasteiger partial charge in [0.2, 0.25) is 0 Å². The summed E-state index contributed by atoms with van der Waals surface area (Å²) in [5.41, 5.74) is 0. The number of nitrogens with zero attached hydrogens (tertiary/aromatic N) is 2. The van der Waals surface area contributed by atoms with Gasteiger partial charge in [0, 0.05) is 25.6 Å². The molecule has 0 amide bonds. The quantitative estimate of drug-likeness (QED) is 0.752. The number of hydrogen-bond acceptors (Lipinski definition) is 3. The van der Waals surface area contributed by atoms with Gasteiger partial charge in [0.25, 0.3) is 0 Å². The Morgan fingerprint density at radius 2 is 2.07 bits per heavy atom. The molecule has 3 nitrogen and oxygen atoms in total. The lowest BCUT2D eigenvalue weighted by Crippen LogP contribution is -2.42. The van der Waals surface area contributed by atoms with Gasteiger partial charge in [-0.1, -0.05) is 13.8 Å². The lowest BCUT2D eigenvalue weighted by Gasteiger charge is -2.25. The first-order valence-electron chi connectivity index (χ1n) is 6.28. The van der Waals surface area contributed by atoms with Crippen LogP contribution in [0.4, 0.5) is 0 Å². The summed E-state index contributed by atoms with van der Waals surface area (Å²) in [7, 11) is 0. The average Bonchev–Trinajstić information content (AvgIpc) is 2.27. The fourth-order valence-corrected chi connectivity index (χ4v) is 2.01. The Kier molecular flexibility index (Phi) is 5.69. The van der Waals surface area contributed by atoms with Crippen LogP contribution in [0.25, 0.3) is 0 Å². The van der Waals surface area contributed by atoms with Gasteiger partial charge in [-0.25, -0.2) is 0 Å². The van der Waals surface area contributed by atoms with Gasteiger partial charge in [0.05, 0.1) is 5.84 Å². The van der Waals surface area contributed by atoms with E-state index in [0.717, 1.165) is 32.6 Å². The van der Waals surface area contributed by atoms with E-state index in [1.807, 2.05) is 0 Å². The second-order valence-electron chi connectivity index (χ2n) is 4.32. The third-order valence-electron chi connectivity index (χ3n) is 2.96. The third-order valence-corrected chi connectivity index (χ3v) is 2.96. The Balaban J connectivity index is 2.27. The first-order chi connectivity index (χ1) is 7.26. The van der Waals surface area contributed by atoms with Crippen LogP contribution >= 0.6 is 0 Å². The molecule has 1 aliphatic heterocycles. The zero-order chi connectivity index (χ0) is 11.1. The van der Waals surface area contributed by atoms with Crippen molar-refractivity contribution in [2.45, 2.75) is 46.1 Å². The maximum absolute atomic E-state index is 4.52. The minimum absolute atomic E-state index is 0.516. The van der Waals surface area contributed by atoms with Crippen LogP contribution in [0.2, 0.25) is 0 Å². The molecule has 0 aliphatic carbocycles. The minimum Gasteiger partial charge on any atom is -0.370 e. The van der Waals surface area contributed by atoms with E-state index in [1.54, 1.807) is 0 Å².